The molecule has 4 rings (SSSR count). The van der Waals surface area contributed by atoms with E-state index in [0.29, 0.717) is 0 Å². The molecule has 1 aliphatic heterocycles. The third-order valence-corrected chi connectivity index (χ3v) is 7.07. The van der Waals surface area contributed by atoms with Crippen LogP contribution in [-0.2, 0) is 15.9 Å². The molecule has 0 aromatic heterocycles. The molecular weight excluding hydrogens is 464 g/mol. The lowest BCUT2D eigenvalue weighted by molar-refractivity contribution is -0.162. The van der Waals surface area contributed by atoms with Gasteiger partial charge in [0, 0.05) is 19.1 Å². The molecule has 0 spiro atoms. The van der Waals surface area contributed by atoms with E-state index in [1.165, 1.54) is 28.7 Å². The zero-order valence-corrected chi connectivity index (χ0v) is 22.4. The zero-order valence-electron chi connectivity index (χ0n) is 22.4. The van der Waals surface area contributed by atoms with Gasteiger partial charge < -0.3 is 23.7 Å². The molecule has 0 saturated carbocycles. The second kappa shape index (κ2) is 14.1. The van der Waals surface area contributed by atoms with Crippen LogP contribution < -0.4 is 14.2 Å². The minimum Gasteiger partial charge on any atom is -0.497 e. The third-order valence-electron chi connectivity index (χ3n) is 7.07. The number of hydrogen-bond acceptors (Lipinski definition) is 5. The minimum atomic E-state index is -0.00151. The molecule has 0 amide bonds. The van der Waals surface area contributed by atoms with Gasteiger partial charge in [0.25, 0.3) is 0 Å². The van der Waals surface area contributed by atoms with Crippen molar-refractivity contribution in [3.63, 3.8) is 0 Å². The Balaban J connectivity index is 1.47. The highest BCUT2D eigenvalue weighted by Crippen LogP contribution is 2.36. The Morgan fingerprint density at radius 1 is 0.730 bits per heavy atom. The van der Waals surface area contributed by atoms with Crippen LogP contribution in [0.1, 0.15) is 66.7 Å². The third kappa shape index (κ3) is 7.50. The first-order valence-corrected chi connectivity index (χ1v) is 13.4. The summed E-state index contributed by atoms with van der Waals surface area (Å²) in [5.41, 5.74) is 4.90. The first-order valence-electron chi connectivity index (χ1n) is 13.4. The maximum Gasteiger partial charge on any atom is 0.157 e. The van der Waals surface area contributed by atoms with E-state index in [9.17, 15) is 0 Å². The van der Waals surface area contributed by atoms with Crippen LogP contribution in [0.4, 0.5) is 0 Å². The van der Waals surface area contributed by atoms with Crippen LogP contribution in [0, 0.1) is 0 Å². The minimum absolute atomic E-state index is 0.00151. The molecule has 37 heavy (non-hydrogen) atoms. The number of ether oxygens (including phenoxy) is 5. The van der Waals surface area contributed by atoms with Gasteiger partial charge in [0.15, 0.2) is 6.29 Å². The molecule has 3 aromatic carbocycles. The van der Waals surface area contributed by atoms with Crippen LogP contribution in [-0.4, -0.2) is 40.8 Å². The Hall–Kier alpha value is -3.02. The number of unbranched alkanes of at least 4 members (excludes halogenated alkanes) is 2. The molecule has 3 aromatic rings. The molecule has 1 heterocycles. The largest absolute Gasteiger partial charge is 0.497 e. The fourth-order valence-electron chi connectivity index (χ4n) is 5.00. The molecule has 0 bridgehead atoms. The highest BCUT2D eigenvalue weighted by Gasteiger charge is 2.19. The fraction of sp³-hybridized carbons (Fsp3) is 0.438. The van der Waals surface area contributed by atoms with Crippen molar-refractivity contribution in [1.29, 1.82) is 0 Å². The topological polar surface area (TPSA) is 46.2 Å². The molecule has 5 heteroatoms. The van der Waals surface area contributed by atoms with E-state index in [4.69, 9.17) is 23.7 Å². The molecule has 5 nitrogen and oxygen atoms in total. The van der Waals surface area contributed by atoms with E-state index in [0.717, 1.165) is 69.0 Å². The fourth-order valence-corrected chi connectivity index (χ4v) is 5.00. The summed E-state index contributed by atoms with van der Waals surface area (Å²) in [5, 5.41) is 0. The highest BCUT2D eigenvalue weighted by molar-refractivity contribution is 5.49. The van der Waals surface area contributed by atoms with Crippen LogP contribution in [0.3, 0.4) is 0 Å². The van der Waals surface area contributed by atoms with Crippen LogP contribution in [0.25, 0.3) is 0 Å². The lowest BCUT2D eigenvalue weighted by atomic mass is 9.84. The zero-order chi connectivity index (χ0) is 25.9. The summed E-state index contributed by atoms with van der Waals surface area (Å²) < 4.78 is 28.1. The SMILES string of the molecule is COc1ccc(C(c2ccc(OC)cc2)c2ccc(OC)c(CCCCCOC3CCCCO3)c2)cc1. The predicted molar refractivity (Wildman–Crippen MR) is 147 cm³/mol. The molecule has 1 aliphatic rings. The Morgan fingerprint density at radius 3 is 1.95 bits per heavy atom. The van der Waals surface area contributed by atoms with E-state index in [-0.39, 0.29) is 12.2 Å². The summed E-state index contributed by atoms with van der Waals surface area (Å²) in [4.78, 5) is 0. The first-order chi connectivity index (χ1) is 18.2. The monoisotopic (exact) mass is 504 g/mol. The molecule has 0 aliphatic carbocycles. The smallest absolute Gasteiger partial charge is 0.157 e. The predicted octanol–water partition coefficient (Wildman–Crippen LogP) is 7.15. The van der Waals surface area contributed by atoms with Crippen molar-refractivity contribution in [3.05, 3.63) is 89.0 Å². The Labute approximate surface area is 221 Å². The lowest BCUT2D eigenvalue weighted by Gasteiger charge is -2.22. The molecule has 198 valence electrons. The summed E-state index contributed by atoms with van der Waals surface area (Å²) in [6.45, 7) is 1.59. The van der Waals surface area contributed by atoms with Crippen LogP contribution in [0.2, 0.25) is 0 Å². The van der Waals surface area contributed by atoms with Gasteiger partial charge in [-0.05, 0) is 91.1 Å². The van der Waals surface area contributed by atoms with Crippen molar-refractivity contribution in [2.45, 2.75) is 57.2 Å². The van der Waals surface area contributed by atoms with Crippen molar-refractivity contribution in [1.82, 2.24) is 0 Å². The Morgan fingerprint density at radius 2 is 1.38 bits per heavy atom. The molecular formula is C32H40O5. The van der Waals surface area contributed by atoms with Gasteiger partial charge >= 0.3 is 0 Å². The van der Waals surface area contributed by atoms with Crippen LogP contribution >= 0.6 is 0 Å². The Bertz CT molecular complexity index is 1020. The standard InChI is InChI=1S/C32H40O5/c1-33-28-16-11-24(12-17-28)32(25-13-18-29(34-2)19-14-25)27-15-20-30(35-3)26(23-27)9-5-4-7-21-36-31-10-6-8-22-37-31/h11-20,23,31-32H,4-10,21-22H2,1-3H3. The van der Waals surface area contributed by atoms with Crippen molar-refractivity contribution in [2.24, 2.45) is 0 Å². The summed E-state index contributed by atoms with van der Waals surface area (Å²) in [7, 11) is 5.14. The van der Waals surface area contributed by atoms with E-state index in [1.54, 1.807) is 21.3 Å². The van der Waals surface area contributed by atoms with Crippen molar-refractivity contribution >= 4 is 0 Å². The van der Waals surface area contributed by atoms with Crippen molar-refractivity contribution in [3.8, 4) is 17.2 Å². The number of hydrogen-bond donors (Lipinski definition) is 0. The average molecular weight is 505 g/mol. The van der Waals surface area contributed by atoms with Crippen molar-refractivity contribution in [2.75, 3.05) is 34.5 Å². The summed E-state index contributed by atoms with van der Waals surface area (Å²) in [5.74, 6) is 2.74. The van der Waals surface area contributed by atoms with Gasteiger partial charge in [-0.25, -0.2) is 0 Å². The molecule has 0 radical (unpaired) electrons. The quantitative estimate of drug-likeness (QED) is 0.183. The second-order valence-electron chi connectivity index (χ2n) is 9.53. The molecule has 1 atom stereocenters. The van der Waals surface area contributed by atoms with Gasteiger partial charge in [0.2, 0.25) is 0 Å². The van der Waals surface area contributed by atoms with Gasteiger partial charge in [-0.2, -0.15) is 0 Å². The number of aryl methyl sites for hydroxylation is 1. The Kier molecular flexibility index (Phi) is 10.3. The van der Waals surface area contributed by atoms with E-state index in [1.807, 2.05) is 24.3 Å². The van der Waals surface area contributed by atoms with Gasteiger partial charge in [0.05, 0.1) is 21.3 Å². The number of benzene rings is 3. The average Bonchev–Trinajstić information content (AvgIpc) is 2.96. The van der Waals surface area contributed by atoms with E-state index in [2.05, 4.69) is 42.5 Å². The number of rotatable bonds is 13. The van der Waals surface area contributed by atoms with Gasteiger partial charge in [-0.3, -0.25) is 0 Å². The van der Waals surface area contributed by atoms with Gasteiger partial charge in [-0.15, -0.1) is 0 Å². The van der Waals surface area contributed by atoms with E-state index < -0.39 is 0 Å². The number of methoxy groups -OCH3 is 3. The second-order valence-corrected chi connectivity index (χ2v) is 9.53. The maximum atomic E-state index is 5.90. The normalized spacial score (nSPS) is 15.5. The molecule has 1 fully saturated rings. The molecule has 0 N–H and O–H groups in total. The first kappa shape index (κ1) is 27.0. The molecule has 1 unspecified atom stereocenters. The van der Waals surface area contributed by atoms with Gasteiger partial charge in [0.1, 0.15) is 17.2 Å². The van der Waals surface area contributed by atoms with E-state index >= 15 is 0 Å². The van der Waals surface area contributed by atoms with Crippen molar-refractivity contribution < 1.29 is 23.7 Å². The van der Waals surface area contributed by atoms with Gasteiger partial charge in [-0.1, -0.05) is 42.8 Å². The summed E-state index contributed by atoms with van der Waals surface area (Å²) in [6.07, 6.45) is 7.58. The lowest BCUT2D eigenvalue weighted by Crippen LogP contribution is -2.22. The maximum absolute atomic E-state index is 5.90. The summed E-state index contributed by atoms with van der Waals surface area (Å²) >= 11 is 0. The van der Waals surface area contributed by atoms with Crippen LogP contribution in [0.5, 0.6) is 17.2 Å². The van der Waals surface area contributed by atoms with Crippen LogP contribution in [0.15, 0.2) is 66.7 Å². The summed E-state index contributed by atoms with van der Waals surface area (Å²) in [6, 6.07) is 23.3. The molecule has 1 saturated heterocycles. The highest BCUT2D eigenvalue weighted by atomic mass is 16.7.